The number of hydrogen-bond acceptors (Lipinski definition) is 2. The molecule has 1 rings (SSSR count). The van der Waals surface area contributed by atoms with Crippen LogP contribution < -0.4 is 0 Å². The second-order valence-electron chi connectivity index (χ2n) is 7.87. The summed E-state index contributed by atoms with van der Waals surface area (Å²) in [5.74, 6) is -0.728. The molecule has 2 N–H and O–H groups in total. The van der Waals surface area contributed by atoms with Crippen LogP contribution in [0.15, 0.2) is 42.5 Å². The zero-order valence-electron chi connectivity index (χ0n) is 18.2. The van der Waals surface area contributed by atoms with Gasteiger partial charge in [0.2, 0.25) is 0 Å². The summed E-state index contributed by atoms with van der Waals surface area (Å²) in [5, 5.41) is 18.8. The fourth-order valence-corrected chi connectivity index (χ4v) is 3.45. The summed E-state index contributed by atoms with van der Waals surface area (Å²) in [7, 11) is 0. The summed E-state index contributed by atoms with van der Waals surface area (Å²) in [6.07, 6.45) is 21.3. The Labute approximate surface area is 177 Å². The molecule has 0 bridgehead atoms. The highest BCUT2D eigenvalue weighted by Gasteiger charge is 2.01. The zero-order chi connectivity index (χ0) is 21.2. The van der Waals surface area contributed by atoms with Crippen molar-refractivity contribution >= 4 is 12.0 Å². The van der Waals surface area contributed by atoms with Gasteiger partial charge in [-0.05, 0) is 36.8 Å². The molecule has 3 nitrogen and oxygen atoms in total. The minimum absolute atomic E-state index is 0.234. The maximum atomic E-state index is 10.6. The second kappa shape index (κ2) is 17.0. The normalized spacial score (nSPS) is 12.8. The summed E-state index contributed by atoms with van der Waals surface area (Å²) >= 11 is 0. The molecule has 0 aliphatic rings. The molecule has 0 radical (unpaired) electrons. The largest absolute Gasteiger partial charge is 0.481 e. The van der Waals surface area contributed by atoms with Gasteiger partial charge in [-0.2, -0.15) is 0 Å². The number of allylic oxidation sites excluding steroid dienone is 2. The number of carbonyl (C=O) groups is 1. The van der Waals surface area contributed by atoms with Gasteiger partial charge in [-0.3, -0.25) is 4.79 Å². The Balaban J connectivity index is 2.26. The monoisotopic (exact) mass is 400 g/mol. The van der Waals surface area contributed by atoms with Crippen LogP contribution >= 0.6 is 0 Å². The number of carboxylic acid groups (broad SMARTS) is 1. The van der Waals surface area contributed by atoms with Crippen LogP contribution in [0.25, 0.3) is 6.08 Å². The first kappa shape index (κ1) is 25.2. The molecule has 1 unspecified atom stereocenters. The molecule has 0 saturated heterocycles. The van der Waals surface area contributed by atoms with Crippen molar-refractivity contribution in [3.63, 3.8) is 0 Å². The van der Waals surface area contributed by atoms with Crippen LogP contribution in [0, 0.1) is 0 Å². The molecule has 0 saturated carbocycles. The topological polar surface area (TPSA) is 57.5 Å². The van der Waals surface area contributed by atoms with Gasteiger partial charge < -0.3 is 10.2 Å². The Bertz CT molecular complexity index is 604. The van der Waals surface area contributed by atoms with E-state index in [9.17, 15) is 9.90 Å². The van der Waals surface area contributed by atoms with Crippen molar-refractivity contribution in [3.05, 3.63) is 53.6 Å². The Morgan fingerprint density at radius 3 is 2.34 bits per heavy atom. The summed E-state index contributed by atoms with van der Waals surface area (Å²) in [6, 6.07) is 8.21. The predicted octanol–water partition coefficient (Wildman–Crippen LogP) is 6.95. The van der Waals surface area contributed by atoms with E-state index in [4.69, 9.17) is 5.11 Å². The van der Waals surface area contributed by atoms with Crippen molar-refractivity contribution < 1.29 is 15.0 Å². The number of carboxylic acids is 1. The maximum Gasteiger partial charge on any atom is 0.303 e. The first-order valence-corrected chi connectivity index (χ1v) is 11.5. The minimum Gasteiger partial charge on any atom is -0.481 e. The standard InChI is InChI=1S/C26H40O3/c1-2-3-4-5-6-7-8-9-20-25(27)21-14-12-18-23-16-10-11-17-24(23)19-13-15-22-26(28)29/h10-12,14,16-18,21,25,27H,2-9,13,15,19-20,22H2,1H3,(H,28,29)/b18-12+,21-14+. The summed E-state index contributed by atoms with van der Waals surface area (Å²) in [5.41, 5.74) is 2.40. The molecule has 0 fully saturated rings. The highest BCUT2D eigenvalue weighted by Crippen LogP contribution is 2.15. The lowest BCUT2D eigenvalue weighted by Crippen LogP contribution is -2.01. The number of aliphatic hydroxyl groups is 1. The van der Waals surface area contributed by atoms with Gasteiger partial charge in [0.15, 0.2) is 0 Å². The molecule has 0 aliphatic carbocycles. The summed E-state index contributed by atoms with van der Waals surface area (Å²) in [4.78, 5) is 10.6. The zero-order valence-corrected chi connectivity index (χ0v) is 18.2. The quantitative estimate of drug-likeness (QED) is 0.220. The summed E-state index contributed by atoms with van der Waals surface area (Å²) < 4.78 is 0. The van der Waals surface area contributed by atoms with Gasteiger partial charge in [-0.15, -0.1) is 0 Å². The number of aliphatic hydroxyl groups excluding tert-OH is 1. The predicted molar refractivity (Wildman–Crippen MR) is 123 cm³/mol. The highest BCUT2D eigenvalue weighted by atomic mass is 16.4. The van der Waals surface area contributed by atoms with Gasteiger partial charge in [0, 0.05) is 6.42 Å². The number of aliphatic carboxylic acids is 1. The van der Waals surface area contributed by atoms with Crippen LogP contribution in [-0.4, -0.2) is 22.3 Å². The van der Waals surface area contributed by atoms with Crippen molar-refractivity contribution in [1.29, 1.82) is 0 Å². The molecule has 0 spiro atoms. The lowest BCUT2D eigenvalue weighted by Gasteiger charge is -2.06. The molecule has 0 heterocycles. The Hall–Kier alpha value is -1.87. The lowest BCUT2D eigenvalue weighted by atomic mass is 10.0. The average molecular weight is 401 g/mol. The van der Waals surface area contributed by atoms with Gasteiger partial charge in [0.05, 0.1) is 6.10 Å². The summed E-state index contributed by atoms with van der Waals surface area (Å²) in [6.45, 7) is 2.24. The van der Waals surface area contributed by atoms with E-state index in [2.05, 4.69) is 25.1 Å². The van der Waals surface area contributed by atoms with E-state index in [1.807, 2.05) is 30.4 Å². The number of unbranched alkanes of at least 4 members (excludes halogenated alkanes) is 8. The second-order valence-corrected chi connectivity index (χ2v) is 7.87. The Morgan fingerprint density at radius 1 is 0.931 bits per heavy atom. The molecule has 0 aliphatic heterocycles. The molecule has 1 aromatic rings. The van der Waals surface area contributed by atoms with Crippen molar-refractivity contribution in [2.45, 2.75) is 96.5 Å². The van der Waals surface area contributed by atoms with Crippen LogP contribution in [0.5, 0.6) is 0 Å². The fraction of sp³-hybridized carbons (Fsp3) is 0.577. The molecule has 1 aromatic carbocycles. The molecule has 1 atom stereocenters. The first-order valence-electron chi connectivity index (χ1n) is 11.5. The third kappa shape index (κ3) is 13.9. The Kier molecular flexibility index (Phi) is 14.8. The number of hydrogen-bond donors (Lipinski definition) is 2. The first-order chi connectivity index (χ1) is 14.1. The maximum absolute atomic E-state index is 10.6. The lowest BCUT2D eigenvalue weighted by molar-refractivity contribution is -0.137. The molecular formula is C26H40O3. The minimum atomic E-state index is -0.728. The van der Waals surface area contributed by atoms with Crippen LogP contribution in [0.1, 0.15) is 95.1 Å². The van der Waals surface area contributed by atoms with E-state index in [-0.39, 0.29) is 12.5 Å². The van der Waals surface area contributed by atoms with Crippen LogP contribution in [0.2, 0.25) is 0 Å². The van der Waals surface area contributed by atoms with E-state index < -0.39 is 5.97 Å². The van der Waals surface area contributed by atoms with E-state index in [0.29, 0.717) is 6.42 Å². The molecule has 0 aromatic heterocycles. The van der Waals surface area contributed by atoms with E-state index in [1.54, 1.807) is 0 Å². The van der Waals surface area contributed by atoms with Crippen LogP contribution in [0.3, 0.4) is 0 Å². The fourth-order valence-electron chi connectivity index (χ4n) is 3.45. The van der Waals surface area contributed by atoms with Gasteiger partial charge >= 0.3 is 5.97 Å². The third-order valence-electron chi connectivity index (χ3n) is 5.22. The van der Waals surface area contributed by atoms with E-state index >= 15 is 0 Å². The van der Waals surface area contributed by atoms with Crippen molar-refractivity contribution in [3.8, 4) is 0 Å². The SMILES string of the molecule is CCCCCCCCCCC(O)/C=C/C=C/c1ccccc1CCCCC(=O)O. The molecule has 0 amide bonds. The van der Waals surface area contributed by atoms with Gasteiger partial charge in [-0.25, -0.2) is 0 Å². The molecule has 162 valence electrons. The molecule has 29 heavy (non-hydrogen) atoms. The van der Waals surface area contributed by atoms with Gasteiger partial charge in [-0.1, -0.05) is 107 Å². The smallest absolute Gasteiger partial charge is 0.303 e. The van der Waals surface area contributed by atoms with Crippen molar-refractivity contribution in [1.82, 2.24) is 0 Å². The number of aryl methyl sites for hydroxylation is 1. The average Bonchev–Trinajstić information content (AvgIpc) is 2.71. The van der Waals surface area contributed by atoms with Crippen molar-refractivity contribution in [2.75, 3.05) is 0 Å². The highest BCUT2D eigenvalue weighted by molar-refractivity contribution is 5.66. The molecule has 3 heteroatoms. The van der Waals surface area contributed by atoms with Gasteiger partial charge in [0.25, 0.3) is 0 Å². The van der Waals surface area contributed by atoms with Crippen molar-refractivity contribution in [2.24, 2.45) is 0 Å². The van der Waals surface area contributed by atoms with Gasteiger partial charge in [0.1, 0.15) is 0 Å². The Morgan fingerprint density at radius 2 is 1.62 bits per heavy atom. The van der Waals surface area contributed by atoms with Crippen LogP contribution in [-0.2, 0) is 11.2 Å². The third-order valence-corrected chi connectivity index (χ3v) is 5.22. The van der Waals surface area contributed by atoms with E-state index in [0.717, 1.165) is 31.2 Å². The number of benzene rings is 1. The van der Waals surface area contributed by atoms with E-state index in [1.165, 1.54) is 50.5 Å². The van der Waals surface area contributed by atoms with Crippen LogP contribution in [0.4, 0.5) is 0 Å². The molecular weight excluding hydrogens is 360 g/mol. The number of rotatable bonds is 17.